The summed E-state index contributed by atoms with van der Waals surface area (Å²) in [6.45, 7) is 0. The second kappa shape index (κ2) is 7.38. The molecule has 1 amide bonds. The lowest BCUT2D eigenvalue weighted by molar-refractivity contribution is 0.0941. The Hall–Kier alpha value is -1.20. The second-order valence-electron chi connectivity index (χ2n) is 4.34. The molecule has 0 saturated carbocycles. The van der Waals surface area contributed by atoms with Crippen molar-refractivity contribution in [3.05, 3.63) is 59.4 Å². The Balaban J connectivity index is 2.13. The quantitative estimate of drug-likeness (QED) is 0.616. The smallest absolute Gasteiger partial charge is 0.254 e. The van der Waals surface area contributed by atoms with Crippen LogP contribution in [0.2, 0.25) is 5.02 Å². The van der Waals surface area contributed by atoms with Gasteiger partial charge < -0.3 is 10.6 Å². The first kappa shape index (κ1) is 17.2. The zero-order chi connectivity index (χ0) is 16.2. The monoisotopic (exact) mass is 377 g/mol. The number of nitrogens with one attached hydrogen (secondary N) is 2. The summed E-state index contributed by atoms with van der Waals surface area (Å²) in [7, 11) is 0. The first-order chi connectivity index (χ1) is 10.4. The second-order valence-corrected chi connectivity index (χ2v) is 7.15. The van der Waals surface area contributed by atoms with E-state index in [0.29, 0.717) is 16.3 Å². The van der Waals surface area contributed by atoms with Gasteiger partial charge in [0.05, 0.1) is 5.56 Å². The summed E-state index contributed by atoms with van der Waals surface area (Å²) in [6, 6.07) is 10.0. The van der Waals surface area contributed by atoms with E-state index in [-0.39, 0.29) is 0 Å². The van der Waals surface area contributed by atoms with Gasteiger partial charge in [-0.25, -0.2) is 0 Å². The number of halogens is 4. The van der Waals surface area contributed by atoms with Crippen LogP contribution in [0.4, 0.5) is 5.69 Å². The third-order valence-corrected chi connectivity index (χ3v) is 3.59. The topological polar surface area (TPSA) is 54.0 Å². The van der Waals surface area contributed by atoms with Crippen molar-refractivity contribution in [1.29, 1.82) is 0 Å². The maximum Gasteiger partial charge on any atom is 0.254 e. The molecule has 0 fully saturated rings. The highest BCUT2D eigenvalue weighted by Crippen LogP contribution is 2.31. The third-order valence-electron chi connectivity index (χ3n) is 2.68. The molecule has 0 bridgehead atoms. The molecular weight excluding hydrogens is 368 g/mol. The number of carbonyl (C=O) groups is 1. The van der Waals surface area contributed by atoms with Gasteiger partial charge in [-0.3, -0.25) is 9.78 Å². The molecular formula is C14H11Cl4N3O. The van der Waals surface area contributed by atoms with E-state index in [2.05, 4.69) is 15.6 Å². The van der Waals surface area contributed by atoms with Gasteiger partial charge in [0, 0.05) is 23.1 Å². The SMILES string of the molecule is O=C(N[C@H](Nc1ccc(Cl)cc1)C(Cl)(Cl)Cl)c1cccnc1. The molecule has 0 radical (unpaired) electrons. The zero-order valence-corrected chi connectivity index (χ0v) is 14.1. The Morgan fingerprint density at radius 1 is 1.14 bits per heavy atom. The predicted octanol–water partition coefficient (Wildman–Crippen LogP) is 4.27. The zero-order valence-electron chi connectivity index (χ0n) is 11.1. The largest absolute Gasteiger partial charge is 0.362 e. The van der Waals surface area contributed by atoms with Gasteiger partial charge in [0.25, 0.3) is 5.91 Å². The maximum absolute atomic E-state index is 12.2. The summed E-state index contributed by atoms with van der Waals surface area (Å²) in [5.41, 5.74) is 1.01. The van der Waals surface area contributed by atoms with Crippen molar-refractivity contribution in [1.82, 2.24) is 10.3 Å². The average Bonchev–Trinajstić information content (AvgIpc) is 2.48. The Kier molecular flexibility index (Phi) is 5.75. The Labute approximate surface area is 147 Å². The number of aromatic nitrogens is 1. The van der Waals surface area contributed by atoms with E-state index in [4.69, 9.17) is 46.4 Å². The molecule has 2 aromatic rings. The highest BCUT2D eigenvalue weighted by molar-refractivity contribution is 6.68. The number of hydrogen-bond donors (Lipinski definition) is 2. The number of benzene rings is 1. The molecule has 1 heterocycles. The number of pyridine rings is 1. The van der Waals surface area contributed by atoms with Crippen molar-refractivity contribution in [2.75, 3.05) is 5.32 Å². The molecule has 1 aromatic carbocycles. The molecule has 4 nitrogen and oxygen atoms in total. The summed E-state index contributed by atoms with van der Waals surface area (Å²) in [5, 5.41) is 6.14. The van der Waals surface area contributed by atoms with Gasteiger partial charge >= 0.3 is 0 Å². The van der Waals surface area contributed by atoms with E-state index >= 15 is 0 Å². The van der Waals surface area contributed by atoms with Crippen LogP contribution in [0.3, 0.4) is 0 Å². The molecule has 0 aliphatic carbocycles. The lowest BCUT2D eigenvalue weighted by atomic mass is 10.2. The van der Waals surface area contributed by atoms with Gasteiger partial charge in [-0.1, -0.05) is 46.4 Å². The molecule has 1 atom stereocenters. The third kappa shape index (κ3) is 4.92. The molecule has 1 aromatic heterocycles. The molecule has 0 aliphatic rings. The van der Waals surface area contributed by atoms with Crippen molar-refractivity contribution in [3.63, 3.8) is 0 Å². The van der Waals surface area contributed by atoms with Gasteiger partial charge in [-0.15, -0.1) is 0 Å². The molecule has 0 unspecified atom stereocenters. The number of nitrogens with zero attached hydrogens (tertiary/aromatic N) is 1. The van der Waals surface area contributed by atoms with Crippen LogP contribution in [-0.2, 0) is 0 Å². The maximum atomic E-state index is 12.2. The van der Waals surface area contributed by atoms with Crippen LogP contribution in [0.15, 0.2) is 48.8 Å². The normalized spacial score (nSPS) is 12.5. The summed E-state index contributed by atoms with van der Waals surface area (Å²) >= 11 is 23.6. The minimum absolute atomic E-state index is 0.361. The minimum atomic E-state index is -1.75. The average molecular weight is 379 g/mol. The van der Waals surface area contributed by atoms with Crippen molar-refractivity contribution >= 4 is 58.0 Å². The predicted molar refractivity (Wildman–Crippen MR) is 90.9 cm³/mol. The molecule has 0 aliphatic heterocycles. The Morgan fingerprint density at radius 3 is 2.36 bits per heavy atom. The van der Waals surface area contributed by atoms with E-state index in [1.807, 2.05) is 0 Å². The van der Waals surface area contributed by atoms with Crippen LogP contribution in [0.1, 0.15) is 10.4 Å². The van der Waals surface area contributed by atoms with Gasteiger partial charge in [0.2, 0.25) is 3.79 Å². The fraction of sp³-hybridized carbons (Fsp3) is 0.143. The number of carbonyl (C=O) groups excluding carboxylic acids is 1. The first-order valence-corrected chi connectivity index (χ1v) is 7.67. The van der Waals surface area contributed by atoms with E-state index < -0.39 is 15.9 Å². The number of amides is 1. The van der Waals surface area contributed by atoms with Crippen LogP contribution >= 0.6 is 46.4 Å². The number of hydrogen-bond acceptors (Lipinski definition) is 3. The Morgan fingerprint density at radius 2 is 1.82 bits per heavy atom. The van der Waals surface area contributed by atoms with Crippen LogP contribution in [-0.4, -0.2) is 20.8 Å². The van der Waals surface area contributed by atoms with Crippen molar-refractivity contribution < 1.29 is 4.79 Å². The summed E-state index contributed by atoms with van der Waals surface area (Å²) in [6.07, 6.45) is 2.05. The lowest BCUT2D eigenvalue weighted by Gasteiger charge is -2.27. The van der Waals surface area contributed by atoms with E-state index in [1.54, 1.807) is 42.6 Å². The van der Waals surface area contributed by atoms with E-state index in [9.17, 15) is 4.79 Å². The number of rotatable bonds is 4. The fourth-order valence-corrected chi connectivity index (χ4v) is 2.08. The fourth-order valence-electron chi connectivity index (χ4n) is 1.62. The van der Waals surface area contributed by atoms with Crippen molar-refractivity contribution in [3.8, 4) is 0 Å². The summed E-state index contributed by atoms with van der Waals surface area (Å²) in [4.78, 5) is 16.0. The van der Waals surface area contributed by atoms with E-state index in [0.717, 1.165) is 0 Å². The molecule has 116 valence electrons. The molecule has 2 N–H and O–H groups in total. The number of anilines is 1. The van der Waals surface area contributed by atoms with Crippen LogP contribution < -0.4 is 10.6 Å². The van der Waals surface area contributed by atoms with Crippen LogP contribution in [0, 0.1) is 0 Å². The molecule has 22 heavy (non-hydrogen) atoms. The lowest BCUT2D eigenvalue weighted by Crippen LogP contribution is -2.49. The van der Waals surface area contributed by atoms with Crippen molar-refractivity contribution in [2.45, 2.75) is 9.96 Å². The van der Waals surface area contributed by atoms with Crippen LogP contribution in [0.5, 0.6) is 0 Å². The minimum Gasteiger partial charge on any atom is -0.362 e. The summed E-state index contributed by atoms with van der Waals surface area (Å²) in [5.74, 6) is -0.411. The summed E-state index contributed by atoms with van der Waals surface area (Å²) < 4.78 is -1.75. The van der Waals surface area contributed by atoms with Gasteiger partial charge in [-0.05, 0) is 36.4 Å². The molecule has 0 saturated heterocycles. The van der Waals surface area contributed by atoms with Gasteiger partial charge in [-0.2, -0.15) is 0 Å². The molecule has 8 heteroatoms. The highest BCUT2D eigenvalue weighted by atomic mass is 35.6. The van der Waals surface area contributed by atoms with E-state index in [1.165, 1.54) is 6.20 Å². The molecule has 2 rings (SSSR count). The molecule has 0 spiro atoms. The van der Waals surface area contributed by atoms with Crippen molar-refractivity contribution in [2.24, 2.45) is 0 Å². The number of alkyl halides is 3. The Bertz CT molecular complexity index is 629. The van der Waals surface area contributed by atoms with Crippen LogP contribution in [0.25, 0.3) is 0 Å². The first-order valence-electron chi connectivity index (χ1n) is 6.16. The van der Waals surface area contributed by atoms with Gasteiger partial charge in [0.15, 0.2) is 0 Å². The highest BCUT2D eigenvalue weighted by Gasteiger charge is 2.34. The van der Waals surface area contributed by atoms with Gasteiger partial charge in [0.1, 0.15) is 6.17 Å². The standard InChI is InChI=1S/C14H11Cl4N3O/c15-10-3-5-11(6-4-10)20-13(14(16,17)18)21-12(22)9-2-1-7-19-8-9/h1-8,13,20H,(H,21,22)/t13-/m0/s1.